The van der Waals surface area contributed by atoms with Gasteiger partial charge in [-0.05, 0) is 44.9 Å². The monoisotopic (exact) mass is 215 g/mol. The molecule has 3 nitrogen and oxygen atoms in total. The topological polar surface area (TPSA) is 29.3 Å². The summed E-state index contributed by atoms with van der Waals surface area (Å²) < 4.78 is 2.20. The molecule has 0 bridgehead atoms. The maximum absolute atomic E-state index is 4.74. The van der Waals surface area contributed by atoms with Gasteiger partial charge in [0.1, 0.15) is 5.65 Å². The maximum Gasteiger partial charge on any atom is 0.137 e. The van der Waals surface area contributed by atoms with E-state index < -0.39 is 0 Å². The summed E-state index contributed by atoms with van der Waals surface area (Å²) in [6.07, 6.45) is 4.64. The lowest BCUT2D eigenvalue weighted by Crippen LogP contribution is -2.14. The molecule has 2 aromatic heterocycles. The van der Waals surface area contributed by atoms with Crippen molar-refractivity contribution in [1.29, 1.82) is 0 Å². The summed E-state index contributed by atoms with van der Waals surface area (Å²) in [6.45, 7) is 5.40. The second-order valence-electron chi connectivity index (χ2n) is 4.67. The fourth-order valence-electron chi connectivity index (χ4n) is 2.53. The van der Waals surface area contributed by atoms with Crippen LogP contribution in [-0.2, 0) is 0 Å². The quantitative estimate of drug-likeness (QED) is 0.791. The Morgan fingerprint density at radius 1 is 1.38 bits per heavy atom. The number of nitrogens with zero attached hydrogens (tertiary/aromatic N) is 2. The molecule has 1 unspecified atom stereocenters. The van der Waals surface area contributed by atoms with Crippen LogP contribution in [0.15, 0.2) is 18.3 Å². The number of fused-ring (bicyclic) bond motifs is 1. The number of rotatable bonds is 1. The largest absolute Gasteiger partial charge is 0.309 e. The summed E-state index contributed by atoms with van der Waals surface area (Å²) >= 11 is 0. The van der Waals surface area contributed by atoms with E-state index in [0.717, 1.165) is 12.2 Å². The van der Waals surface area contributed by atoms with Gasteiger partial charge in [0.2, 0.25) is 0 Å². The Morgan fingerprint density at radius 3 is 3.00 bits per heavy atom. The summed E-state index contributed by atoms with van der Waals surface area (Å²) in [6, 6.07) is 4.68. The smallest absolute Gasteiger partial charge is 0.137 e. The van der Waals surface area contributed by atoms with E-state index in [0.29, 0.717) is 6.04 Å². The van der Waals surface area contributed by atoms with Gasteiger partial charge in [0, 0.05) is 11.9 Å². The van der Waals surface area contributed by atoms with E-state index in [1.165, 1.54) is 29.8 Å². The van der Waals surface area contributed by atoms with Crippen molar-refractivity contribution in [3.63, 3.8) is 0 Å². The molecule has 1 saturated heterocycles. The molecule has 0 aromatic carbocycles. The van der Waals surface area contributed by atoms with Crippen LogP contribution in [0.2, 0.25) is 0 Å². The third-order valence-electron chi connectivity index (χ3n) is 3.43. The zero-order chi connectivity index (χ0) is 11.1. The molecule has 0 radical (unpaired) electrons. The van der Waals surface area contributed by atoms with Crippen molar-refractivity contribution >= 4 is 5.65 Å². The number of hydrogen-bond donors (Lipinski definition) is 1. The number of imidazole rings is 1. The van der Waals surface area contributed by atoms with E-state index in [9.17, 15) is 0 Å². The minimum atomic E-state index is 0.459. The molecule has 16 heavy (non-hydrogen) atoms. The van der Waals surface area contributed by atoms with E-state index in [4.69, 9.17) is 4.98 Å². The maximum atomic E-state index is 4.74. The zero-order valence-corrected chi connectivity index (χ0v) is 9.83. The molecule has 1 atom stereocenters. The highest BCUT2D eigenvalue weighted by Gasteiger charge is 2.21. The lowest BCUT2D eigenvalue weighted by molar-refractivity contribution is 0.627. The molecule has 1 aliphatic rings. The number of pyridine rings is 1. The summed E-state index contributed by atoms with van der Waals surface area (Å²) in [5.41, 5.74) is 4.84. The first-order valence-electron chi connectivity index (χ1n) is 5.94. The second kappa shape index (κ2) is 3.59. The molecule has 84 valence electrons. The first kappa shape index (κ1) is 9.85. The van der Waals surface area contributed by atoms with Crippen molar-refractivity contribution in [2.75, 3.05) is 6.54 Å². The van der Waals surface area contributed by atoms with Crippen molar-refractivity contribution in [1.82, 2.24) is 14.7 Å². The summed E-state index contributed by atoms with van der Waals surface area (Å²) in [5, 5.41) is 3.51. The Bertz CT molecular complexity index is 521. The lowest BCUT2D eigenvalue weighted by Gasteiger charge is -2.07. The molecule has 3 heteroatoms. The van der Waals surface area contributed by atoms with Crippen LogP contribution in [0.25, 0.3) is 5.65 Å². The molecule has 1 fully saturated rings. The van der Waals surface area contributed by atoms with Crippen LogP contribution in [0.4, 0.5) is 0 Å². The van der Waals surface area contributed by atoms with E-state index in [1.54, 1.807) is 0 Å². The third kappa shape index (κ3) is 1.43. The molecule has 0 amide bonds. The van der Waals surface area contributed by atoms with Crippen molar-refractivity contribution in [2.24, 2.45) is 0 Å². The highest BCUT2D eigenvalue weighted by Crippen LogP contribution is 2.25. The first-order chi connectivity index (χ1) is 7.75. The van der Waals surface area contributed by atoms with E-state index in [1.807, 2.05) is 0 Å². The van der Waals surface area contributed by atoms with Gasteiger partial charge >= 0.3 is 0 Å². The molecule has 3 rings (SSSR count). The number of nitrogens with one attached hydrogen (secondary N) is 1. The molecule has 0 aliphatic carbocycles. The highest BCUT2D eigenvalue weighted by atomic mass is 15.1. The van der Waals surface area contributed by atoms with Crippen LogP contribution in [0.5, 0.6) is 0 Å². The van der Waals surface area contributed by atoms with E-state index in [-0.39, 0.29) is 0 Å². The van der Waals surface area contributed by atoms with Gasteiger partial charge in [-0.3, -0.25) is 0 Å². The number of aryl methyl sites for hydroxylation is 2. The van der Waals surface area contributed by atoms with Gasteiger partial charge in [-0.1, -0.05) is 6.07 Å². The van der Waals surface area contributed by atoms with Gasteiger partial charge in [-0.15, -0.1) is 0 Å². The average Bonchev–Trinajstić information content (AvgIpc) is 2.87. The predicted octanol–water partition coefficient (Wildman–Crippen LogP) is 2.38. The van der Waals surface area contributed by atoms with Crippen LogP contribution in [0.1, 0.15) is 35.8 Å². The fourth-order valence-corrected chi connectivity index (χ4v) is 2.53. The Balaban J connectivity index is 2.15. The molecule has 0 saturated carbocycles. The Labute approximate surface area is 95.5 Å². The van der Waals surface area contributed by atoms with Gasteiger partial charge < -0.3 is 9.72 Å². The molecule has 3 heterocycles. The highest BCUT2D eigenvalue weighted by molar-refractivity contribution is 5.45. The molecule has 2 aromatic rings. The molecule has 0 spiro atoms. The number of hydrogen-bond acceptors (Lipinski definition) is 2. The lowest BCUT2D eigenvalue weighted by atomic mass is 10.1. The van der Waals surface area contributed by atoms with Crippen molar-refractivity contribution < 1.29 is 0 Å². The number of aromatic nitrogens is 2. The minimum Gasteiger partial charge on any atom is -0.309 e. The van der Waals surface area contributed by atoms with E-state index in [2.05, 4.69) is 41.9 Å². The molecule has 1 aliphatic heterocycles. The standard InChI is InChI=1S/C13H17N3/c1-9-5-6-12-15-13(10(2)16(12)8-9)11-4-3-7-14-11/h5-6,8,11,14H,3-4,7H2,1-2H3. The summed E-state index contributed by atoms with van der Waals surface area (Å²) in [4.78, 5) is 4.74. The predicted molar refractivity (Wildman–Crippen MR) is 64.6 cm³/mol. The van der Waals surface area contributed by atoms with Gasteiger partial charge in [0.05, 0.1) is 11.7 Å². The summed E-state index contributed by atoms with van der Waals surface area (Å²) in [7, 11) is 0. The minimum absolute atomic E-state index is 0.459. The van der Waals surface area contributed by atoms with Gasteiger partial charge in [-0.25, -0.2) is 4.98 Å². The van der Waals surface area contributed by atoms with Gasteiger partial charge in [0.15, 0.2) is 0 Å². The zero-order valence-electron chi connectivity index (χ0n) is 9.83. The van der Waals surface area contributed by atoms with Crippen molar-refractivity contribution in [3.8, 4) is 0 Å². The van der Waals surface area contributed by atoms with Crippen molar-refractivity contribution in [3.05, 3.63) is 35.3 Å². The Kier molecular flexibility index (Phi) is 2.21. The molecule has 1 N–H and O–H groups in total. The van der Waals surface area contributed by atoms with Gasteiger partial charge in [-0.2, -0.15) is 0 Å². The normalized spacial score (nSPS) is 20.8. The second-order valence-corrected chi connectivity index (χ2v) is 4.67. The van der Waals surface area contributed by atoms with Crippen LogP contribution < -0.4 is 5.32 Å². The van der Waals surface area contributed by atoms with Crippen LogP contribution in [-0.4, -0.2) is 15.9 Å². The first-order valence-corrected chi connectivity index (χ1v) is 5.94. The summed E-state index contributed by atoms with van der Waals surface area (Å²) in [5.74, 6) is 0. The average molecular weight is 215 g/mol. The molecular formula is C13H17N3. The Morgan fingerprint density at radius 2 is 2.25 bits per heavy atom. The van der Waals surface area contributed by atoms with Crippen LogP contribution in [0.3, 0.4) is 0 Å². The van der Waals surface area contributed by atoms with E-state index >= 15 is 0 Å². The van der Waals surface area contributed by atoms with Crippen molar-refractivity contribution in [2.45, 2.75) is 32.7 Å². The fraction of sp³-hybridized carbons (Fsp3) is 0.462. The SMILES string of the molecule is Cc1ccc2nc(C3CCCN3)c(C)n2c1. The van der Waals surface area contributed by atoms with Crippen LogP contribution in [0, 0.1) is 13.8 Å². The Hall–Kier alpha value is -1.35. The molecular weight excluding hydrogens is 198 g/mol. The van der Waals surface area contributed by atoms with Gasteiger partial charge in [0.25, 0.3) is 0 Å². The van der Waals surface area contributed by atoms with Crippen LogP contribution >= 0.6 is 0 Å². The third-order valence-corrected chi connectivity index (χ3v) is 3.43.